The Hall–Kier alpha value is -2.41. The first kappa shape index (κ1) is 17.4. The second kappa shape index (κ2) is 6.84. The maximum absolute atomic E-state index is 12.9. The summed E-state index contributed by atoms with van der Waals surface area (Å²) in [5.41, 5.74) is -0.275. The number of likely N-dealkylation sites (tertiary alicyclic amines) is 1. The van der Waals surface area contributed by atoms with Crippen LogP contribution in [0.2, 0.25) is 0 Å². The van der Waals surface area contributed by atoms with Crippen molar-refractivity contribution in [1.82, 2.24) is 15.1 Å². The van der Waals surface area contributed by atoms with Crippen LogP contribution in [0.1, 0.15) is 25.3 Å². The van der Waals surface area contributed by atoms with E-state index in [0.29, 0.717) is 25.9 Å². The minimum atomic E-state index is -1.04. The van der Waals surface area contributed by atoms with Crippen LogP contribution in [0.25, 0.3) is 0 Å². The predicted octanol–water partition coefficient (Wildman–Crippen LogP) is 1.30. The van der Waals surface area contributed by atoms with E-state index < -0.39 is 5.54 Å². The number of piperidine rings is 1. The molecule has 3 rings (SSSR count). The molecule has 0 bridgehead atoms. The normalized spacial score (nSPS) is 25.1. The van der Waals surface area contributed by atoms with E-state index in [2.05, 4.69) is 5.32 Å². The lowest BCUT2D eigenvalue weighted by molar-refractivity contribution is -0.147. The average Bonchev–Trinajstić information content (AvgIpc) is 2.86. The topological polar surface area (TPSA) is 79.0 Å². The summed E-state index contributed by atoms with van der Waals surface area (Å²) in [4.78, 5) is 40.1. The van der Waals surface area contributed by atoms with Crippen molar-refractivity contribution in [2.45, 2.75) is 25.3 Å². The molecule has 0 radical (unpaired) electrons. The molecule has 2 fully saturated rings. The zero-order chi connectivity index (χ0) is 18.0. The highest BCUT2D eigenvalue weighted by Gasteiger charge is 2.49. The van der Waals surface area contributed by atoms with Crippen molar-refractivity contribution < 1.29 is 19.1 Å². The number of amides is 3. The minimum Gasteiger partial charge on any atom is -0.469 e. The molecule has 1 aromatic rings. The molecular formula is C18H23N3O4. The van der Waals surface area contributed by atoms with E-state index >= 15 is 0 Å². The Balaban J connectivity index is 1.65. The predicted molar refractivity (Wildman–Crippen MR) is 90.4 cm³/mol. The lowest BCUT2D eigenvalue weighted by atomic mass is 9.92. The first-order valence-corrected chi connectivity index (χ1v) is 8.45. The van der Waals surface area contributed by atoms with Gasteiger partial charge in [0.1, 0.15) is 5.54 Å². The fourth-order valence-electron chi connectivity index (χ4n) is 3.47. The summed E-state index contributed by atoms with van der Waals surface area (Å²) in [5.74, 6) is -0.538. The van der Waals surface area contributed by atoms with E-state index in [1.54, 1.807) is 6.92 Å². The van der Waals surface area contributed by atoms with Crippen molar-refractivity contribution in [2.75, 3.05) is 26.9 Å². The Morgan fingerprint density at radius 3 is 2.48 bits per heavy atom. The summed E-state index contributed by atoms with van der Waals surface area (Å²) in [5, 5.41) is 2.81. The van der Waals surface area contributed by atoms with Gasteiger partial charge in [0, 0.05) is 13.1 Å². The molecule has 0 aromatic heterocycles. The van der Waals surface area contributed by atoms with E-state index in [9.17, 15) is 14.4 Å². The van der Waals surface area contributed by atoms with Crippen LogP contribution in [0.15, 0.2) is 30.3 Å². The second-order valence-corrected chi connectivity index (χ2v) is 6.71. The van der Waals surface area contributed by atoms with Gasteiger partial charge in [-0.05, 0) is 25.3 Å². The number of hydrogen-bond acceptors (Lipinski definition) is 5. The van der Waals surface area contributed by atoms with E-state index in [4.69, 9.17) is 4.74 Å². The molecule has 134 valence electrons. The lowest BCUT2D eigenvalue weighted by Crippen LogP contribution is -2.46. The Labute approximate surface area is 146 Å². The molecule has 2 saturated heterocycles. The number of urea groups is 1. The van der Waals surface area contributed by atoms with Crippen LogP contribution in [-0.2, 0) is 19.9 Å². The molecule has 3 amide bonds. The van der Waals surface area contributed by atoms with Gasteiger partial charge in [-0.3, -0.25) is 14.5 Å². The highest BCUT2D eigenvalue weighted by molar-refractivity contribution is 6.07. The number of carbonyl (C=O) groups excluding carboxylic acids is 3. The maximum Gasteiger partial charge on any atom is 0.326 e. The third kappa shape index (κ3) is 3.24. The Morgan fingerprint density at radius 2 is 1.88 bits per heavy atom. The molecular weight excluding hydrogens is 322 g/mol. The van der Waals surface area contributed by atoms with Gasteiger partial charge >= 0.3 is 12.0 Å². The van der Waals surface area contributed by atoms with Gasteiger partial charge in [0.2, 0.25) is 0 Å². The van der Waals surface area contributed by atoms with E-state index in [0.717, 1.165) is 5.56 Å². The van der Waals surface area contributed by atoms with Crippen LogP contribution < -0.4 is 5.32 Å². The smallest absolute Gasteiger partial charge is 0.326 e. The van der Waals surface area contributed by atoms with Crippen LogP contribution in [-0.4, -0.2) is 54.6 Å². The van der Waals surface area contributed by atoms with Crippen molar-refractivity contribution in [3.8, 4) is 0 Å². The number of hydrogen-bond donors (Lipinski definition) is 1. The highest BCUT2D eigenvalue weighted by atomic mass is 16.5. The van der Waals surface area contributed by atoms with Crippen molar-refractivity contribution >= 4 is 17.9 Å². The van der Waals surface area contributed by atoms with Gasteiger partial charge in [-0.2, -0.15) is 0 Å². The average molecular weight is 345 g/mol. The number of methoxy groups -OCH3 is 1. The Kier molecular flexibility index (Phi) is 4.76. The minimum absolute atomic E-state index is 0.0982. The molecule has 1 N–H and O–H groups in total. The molecule has 0 aliphatic carbocycles. The number of carbonyl (C=O) groups is 3. The van der Waals surface area contributed by atoms with Gasteiger partial charge < -0.3 is 10.1 Å². The lowest BCUT2D eigenvalue weighted by Gasteiger charge is -2.32. The molecule has 25 heavy (non-hydrogen) atoms. The zero-order valence-electron chi connectivity index (χ0n) is 14.5. The van der Waals surface area contributed by atoms with Crippen molar-refractivity contribution in [2.24, 2.45) is 5.92 Å². The van der Waals surface area contributed by atoms with Gasteiger partial charge in [0.25, 0.3) is 5.91 Å². The van der Waals surface area contributed by atoms with E-state index in [-0.39, 0.29) is 30.5 Å². The van der Waals surface area contributed by atoms with Crippen LogP contribution >= 0.6 is 0 Å². The van der Waals surface area contributed by atoms with E-state index in [1.165, 1.54) is 12.0 Å². The van der Waals surface area contributed by atoms with Crippen LogP contribution in [0.4, 0.5) is 4.79 Å². The van der Waals surface area contributed by atoms with Gasteiger partial charge in [-0.1, -0.05) is 30.3 Å². The summed E-state index contributed by atoms with van der Waals surface area (Å²) in [6.07, 6.45) is 1.35. The largest absolute Gasteiger partial charge is 0.469 e. The number of imide groups is 1. The third-order valence-electron chi connectivity index (χ3n) is 5.09. The third-order valence-corrected chi connectivity index (χ3v) is 5.09. The Bertz CT molecular complexity index is 670. The number of ether oxygens (including phenoxy) is 1. The molecule has 2 aliphatic heterocycles. The van der Waals surface area contributed by atoms with Gasteiger partial charge in [-0.15, -0.1) is 0 Å². The first-order valence-electron chi connectivity index (χ1n) is 8.45. The molecule has 0 saturated carbocycles. The first-order chi connectivity index (χ1) is 12.0. The van der Waals surface area contributed by atoms with Crippen molar-refractivity contribution in [1.29, 1.82) is 0 Å². The second-order valence-electron chi connectivity index (χ2n) is 6.71. The fourth-order valence-corrected chi connectivity index (χ4v) is 3.47. The monoisotopic (exact) mass is 345 g/mol. The maximum atomic E-state index is 12.9. The summed E-state index contributed by atoms with van der Waals surface area (Å²) >= 11 is 0. The molecule has 7 heteroatoms. The highest BCUT2D eigenvalue weighted by Crippen LogP contribution is 2.29. The summed E-state index contributed by atoms with van der Waals surface area (Å²) < 4.78 is 4.78. The van der Waals surface area contributed by atoms with Crippen molar-refractivity contribution in [3.63, 3.8) is 0 Å². The number of rotatable bonds is 4. The summed E-state index contributed by atoms with van der Waals surface area (Å²) in [6.45, 7) is 3.27. The fraction of sp³-hybridized carbons (Fsp3) is 0.500. The van der Waals surface area contributed by atoms with Gasteiger partial charge in [0.05, 0.1) is 19.7 Å². The molecule has 0 unspecified atom stereocenters. The summed E-state index contributed by atoms with van der Waals surface area (Å²) in [7, 11) is 1.40. The zero-order valence-corrected chi connectivity index (χ0v) is 14.5. The number of esters is 1. The number of benzene rings is 1. The number of nitrogens with zero attached hydrogens (tertiary/aromatic N) is 2. The molecule has 7 nitrogen and oxygen atoms in total. The van der Waals surface area contributed by atoms with E-state index in [1.807, 2.05) is 35.2 Å². The molecule has 2 aliphatic rings. The van der Waals surface area contributed by atoms with Gasteiger partial charge in [0.15, 0.2) is 0 Å². The Morgan fingerprint density at radius 1 is 1.24 bits per heavy atom. The van der Waals surface area contributed by atoms with Crippen LogP contribution in [0.5, 0.6) is 0 Å². The SMILES string of the molecule is COC(=O)C1CCN(CN2C(=O)N[C@](C)(c3ccccc3)C2=O)CC1. The quantitative estimate of drug-likeness (QED) is 0.657. The van der Waals surface area contributed by atoms with Crippen LogP contribution in [0.3, 0.4) is 0 Å². The standard InChI is InChI=1S/C18H23N3O4/c1-18(14-6-4-3-5-7-14)16(23)21(17(24)19-18)12-20-10-8-13(9-11-20)15(22)25-2/h3-7,13H,8-12H2,1-2H3,(H,19,24)/t18-/m1/s1. The van der Waals surface area contributed by atoms with Crippen molar-refractivity contribution in [3.05, 3.63) is 35.9 Å². The number of nitrogens with one attached hydrogen (secondary N) is 1. The molecule has 1 aromatic carbocycles. The van der Waals surface area contributed by atoms with Crippen LogP contribution in [0, 0.1) is 5.92 Å². The molecule has 2 heterocycles. The molecule has 0 spiro atoms. The molecule has 1 atom stereocenters. The summed E-state index contributed by atoms with van der Waals surface area (Å²) in [6, 6.07) is 8.86. The van der Waals surface area contributed by atoms with Gasteiger partial charge in [-0.25, -0.2) is 9.69 Å².